The van der Waals surface area contributed by atoms with Crippen molar-refractivity contribution in [2.45, 2.75) is 110 Å². The number of carbonyl (C=O) groups is 4. The van der Waals surface area contributed by atoms with Gasteiger partial charge in [0, 0.05) is 19.0 Å². The van der Waals surface area contributed by atoms with E-state index in [1.807, 2.05) is 0 Å². The highest BCUT2D eigenvalue weighted by atomic mass is 16.2. The molecule has 5 N–H and O–H groups in total. The van der Waals surface area contributed by atoms with Crippen molar-refractivity contribution in [2.75, 3.05) is 13.6 Å². The molecular formula is C24H45N5O4. The molecule has 1 aliphatic carbocycles. The molecule has 1 heterocycles. The standard InChI is InChI=1S/C20H35N5O4.C4H10/c1-4-16(26)23-14-10-15(18(21)27)25(11-14)20(29)17(13-8-6-5-7-9-13)24-19(28)12(2)22-3;1-3-4-2/h12-15,17,22H,4-11H2,1-3H3,(H2,21,27)(H,23,26)(H,24,28);3-4H2,1-2H3. The normalized spacial score (nSPS) is 22.5. The molecule has 190 valence electrons. The number of hydrogen-bond acceptors (Lipinski definition) is 5. The molecule has 0 bridgehead atoms. The van der Waals surface area contributed by atoms with Gasteiger partial charge >= 0.3 is 0 Å². The topological polar surface area (TPSA) is 134 Å². The van der Waals surface area contributed by atoms with Crippen molar-refractivity contribution in [3.05, 3.63) is 0 Å². The maximum absolute atomic E-state index is 13.5. The Hall–Kier alpha value is -2.16. The third-order valence-corrected chi connectivity index (χ3v) is 6.61. The zero-order valence-electron chi connectivity index (χ0n) is 21.1. The fourth-order valence-corrected chi connectivity index (χ4v) is 4.22. The zero-order valence-corrected chi connectivity index (χ0v) is 21.1. The predicted molar refractivity (Wildman–Crippen MR) is 129 cm³/mol. The van der Waals surface area contributed by atoms with Gasteiger partial charge in [-0.05, 0) is 39.2 Å². The second-order valence-electron chi connectivity index (χ2n) is 9.16. The Balaban J connectivity index is 0.00000125. The van der Waals surface area contributed by atoms with Gasteiger partial charge in [-0.25, -0.2) is 0 Å². The lowest BCUT2D eigenvalue weighted by molar-refractivity contribution is -0.142. The highest BCUT2D eigenvalue weighted by molar-refractivity contribution is 5.93. The number of hydrogen-bond donors (Lipinski definition) is 4. The van der Waals surface area contributed by atoms with Crippen LogP contribution in [-0.2, 0) is 19.2 Å². The van der Waals surface area contributed by atoms with Crippen LogP contribution < -0.4 is 21.7 Å². The minimum atomic E-state index is -0.783. The molecule has 0 radical (unpaired) electrons. The molecule has 9 heteroatoms. The summed E-state index contributed by atoms with van der Waals surface area (Å²) in [5.74, 6) is -1.23. The number of nitrogens with one attached hydrogen (secondary N) is 3. The molecule has 4 amide bonds. The Bertz CT molecular complexity index is 649. The van der Waals surface area contributed by atoms with Gasteiger partial charge in [0.1, 0.15) is 12.1 Å². The van der Waals surface area contributed by atoms with Gasteiger partial charge in [0.25, 0.3) is 0 Å². The molecule has 1 aliphatic heterocycles. The first-order valence-electron chi connectivity index (χ1n) is 12.6. The summed E-state index contributed by atoms with van der Waals surface area (Å²) in [7, 11) is 1.69. The first-order valence-corrected chi connectivity index (χ1v) is 12.6. The van der Waals surface area contributed by atoms with Gasteiger partial charge in [-0.3, -0.25) is 19.2 Å². The smallest absolute Gasteiger partial charge is 0.246 e. The number of primary amides is 1. The quantitative estimate of drug-likeness (QED) is 0.407. The largest absolute Gasteiger partial charge is 0.368 e. The van der Waals surface area contributed by atoms with Crippen molar-refractivity contribution in [3.8, 4) is 0 Å². The SMILES string of the molecule is CCC(=O)NC1CC(C(N)=O)N(C(=O)C(NC(=O)C(C)NC)C2CCCCC2)C1.CCCC. The Morgan fingerprint density at radius 2 is 1.64 bits per heavy atom. The lowest BCUT2D eigenvalue weighted by Gasteiger charge is -2.34. The first-order chi connectivity index (χ1) is 15.7. The van der Waals surface area contributed by atoms with Crippen molar-refractivity contribution >= 4 is 23.6 Å². The van der Waals surface area contributed by atoms with Crippen LogP contribution in [0.15, 0.2) is 0 Å². The van der Waals surface area contributed by atoms with Crippen molar-refractivity contribution in [1.82, 2.24) is 20.9 Å². The van der Waals surface area contributed by atoms with E-state index >= 15 is 0 Å². The molecular weight excluding hydrogens is 422 g/mol. The van der Waals surface area contributed by atoms with Crippen LogP contribution >= 0.6 is 0 Å². The maximum Gasteiger partial charge on any atom is 0.246 e. The van der Waals surface area contributed by atoms with Crippen LogP contribution in [0.2, 0.25) is 0 Å². The summed E-state index contributed by atoms with van der Waals surface area (Å²) in [4.78, 5) is 51.2. The number of amides is 4. The molecule has 0 aromatic heterocycles. The third kappa shape index (κ3) is 8.95. The minimum absolute atomic E-state index is 0.0297. The van der Waals surface area contributed by atoms with Gasteiger partial charge in [0.15, 0.2) is 0 Å². The fourth-order valence-electron chi connectivity index (χ4n) is 4.22. The number of unbranched alkanes of at least 4 members (excludes halogenated alkanes) is 1. The van der Waals surface area contributed by atoms with E-state index in [2.05, 4.69) is 29.8 Å². The monoisotopic (exact) mass is 467 g/mol. The van der Waals surface area contributed by atoms with Gasteiger partial charge in [-0.2, -0.15) is 0 Å². The summed E-state index contributed by atoms with van der Waals surface area (Å²) in [5.41, 5.74) is 5.56. The van der Waals surface area contributed by atoms with Crippen LogP contribution in [0.4, 0.5) is 0 Å². The van der Waals surface area contributed by atoms with E-state index in [1.54, 1.807) is 20.9 Å². The number of carbonyl (C=O) groups excluding carboxylic acids is 4. The molecule has 4 atom stereocenters. The van der Waals surface area contributed by atoms with Gasteiger partial charge in [0.05, 0.1) is 6.04 Å². The van der Waals surface area contributed by atoms with Crippen molar-refractivity contribution in [3.63, 3.8) is 0 Å². The molecule has 0 aromatic rings. The zero-order chi connectivity index (χ0) is 25.0. The molecule has 4 unspecified atom stereocenters. The number of nitrogens with two attached hydrogens (primary N) is 1. The molecule has 0 spiro atoms. The Kier molecular flexibility index (Phi) is 13.0. The lowest BCUT2D eigenvalue weighted by Crippen LogP contribution is -2.58. The van der Waals surface area contributed by atoms with E-state index < -0.39 is 24.0 Å². The van der Waals surface area contributed by atoms with E-state index in [9.17, 15) is 19.2 Å². The van der Waals surface area contributed by atoms with Gasteiger partial charge in [-0.1, -0.05) is 52.9 Å². The Morgan fingerprint density at radius 1 is 1.03 bits per heavy atom. The van der Waals surface area contributed by atoms with Crippen LogP contribution in [0.3, 0.4) is 0 Å². The molecule has 0 aromatic carbocycles. The van der Waals surface area contributed by atoms with Crippen LogP contribution in [-0.4, -0.2) is 66.3 Å². The number of likely N-dealkylation sites (tertiary alicyclic amines) is 1. The van der Waals surface area contributed by atoms with Crippen molar-refractivity contribution in [2.24, 2.45) is 11.7 Å². The summed E-state index contributed by atoms with van der Waals surface area (Å²) in [6, 6.07) is -2.23. The summed E-state index contributed by atoms with van der Waals surface area (Å²) < 4.78 is 0. The van der Waals surface area contributed by atoms with E-state index in [0.717, 1.165) is 32.1 Å². The van der Waals surface area contributed by atoms with Crippen molar-refractivity contribution < 1.29 is 19.2 Å². The summed E-state index contributed by atoms with van der Waals surface area (Å²) in [6.07, 6.45) is 8.13. The van der Waals surface area contributed by atoms with Gasteiger partial charge in [0.2, 0.25) is 23.6 Å². The second kappa shape index (κ2) is 14.9. The number of nitrogens with zero attached hydrogens (tertiary/aromatic N) is 1. The molecule has 9 nitrogen and oxygen atoms in total. The third-order valence-electron chi connectivity index (χ3n) is 6.61. The number of likely N-dealkylation sites (N-methyl/N-ethyl adjacent to an activating group) is 1. The Morgan fingerprint density at radius 3 is 2.12 bits per heavy atom. The first kappa shape index (κ1) is 28.9. The molecule has 2 rings (SSSR count). The fraction of sp³-hybridized carbons (Fsp3) is 0.833. The van der Waals surface area contributed by atoms with Gasteiger partial charge < -0.3 is 26.6 Å². The van der Waals surface area contributed by atoms with E-state index in [1.165, 1.54) is 17.7 Å². The van der Waals surface area contributed by atoms with Crippen LogP contribution in [0.25, 0.3) is 0 Å². The van der Waals surface area contributed by atoms with E-state index in [0.29, 0.717) is 12.8 Å². The molecule has 1 saturated carbocycles. The van der Waals surface area contributed by atoms with Crippen LogP contribution in [0.1, 0.15) is 85.5 Å². The summed E-state index contributed by atoms with van der Waals surface area (Å²) >= 11 is 0. The maximum atomic E-state index is 13.5. The molecule has 1 saturated heterocycles. The van der Waals surface area contributed by atoms with Crippen LogP contribution in [0.5, 0.6) is 0 Å². The highest BCUT2D eigenvalue weighted by Gasteiger charge is 2.43. The summed E-state index contributed by atoms with van der Waals surface area (Å²) in [6.45, 7) is 8.06. The lowest BCUT2D eigenvalue weighted by atomic mass is 9.83. The van der Waals surface area contributed by atoms with Crippen LogP contribution in [0, 0.1) is 5.92 Å². The minimum Gasteiger partial charge on any atom is -0.368 e. The Labute approximate surface area is 199 Å². The molecule has 2 fully saturated rings. The van der Waals surface area contributed by atoms with Crippen molar-refractivity contribution in [1.29, 1.82) is 0 Å². The van der Waals surface area contributed by atoms with E-state index in [4.69, 9.17) is 5.73 Å². The predicted octanol–water partition coefficient (Wildman–Crippen LogP) is 1.45. The molecule has 2 aliphatic rings. The molecule has 33 heavy (non-hydrogen) atoms. The summed E-state index contributed by atoms with van der Waals surface area (Å²) in [5, 5.41) is 8.64. The van der Waals surface area contributed by atoms with Gasteiger partial charge in [-0.15, -0.1) is 0 Å². The average molecular weight is 468 g/mol. The number of rotatable bonds is 9. The highest BCUT2D eigenvalue weighted by Crippen LogP contribution is 2.29. The van der Waals surface area contributed by atoms with E-state index in [-0.39, 0.29) is 36.2 Å². The average Bonchev–Trinajstić information content (AvgIpc) is 3.26. The second-order valence-corrected chi connectivity index (χ2v) is 9.16.